The fourth-order valence-corrected chi connectivity index (χ4v) is 6.67. The smallest absolute Gasteiger partial charge is 0.355 e. The Balaban J connectivity index is 1.86. The summed E-state index contributed by atoms with van der Waals surface area (Å²) in [6.07, 6.45) is 3.78. The summed E-state index contributed by atoms with van der Waals surface area (Å²) in [6, 6.07) is 5.38. The molecule has 0 bridgehead atoms. The van der Waals surface area contributed by atoms with E-state index in [1.54, 1.807) is 24.1 Å². The summed E-state index contributed by atoms with van der Waals surface area (Å²) in [7, 11) is -3.60. The Bertz CT molecular complexity index is 1990. The Labute approximate surface area is 258 Å². The van der Waals surface area contributed by atoms with Gasteiger partial charge in [0.1, 0.15) is 32.9 Å². The minimum absolute atomic E-state index is 0.0273. The maximum atomic E-state index is 16.0. The number of phenols is 1. The van der Waals surface area contributed by atoms with Gasteiger partial charge in [-0.15, -0.1) is 0 Å². The zero-order valence-corrected chi connectivity index (χ0v) is 26.0. The second kappa shape index (κ2) is 12.0. The van der Waals surface area contributed by atoms with Crippen LogP contribution >= 0.6 is 0 Å². The fraction of sp³-hybridized carbons (Fsp3) is 0.323. The first-order chi connectivity index (χ1) is 21.2. The number of benzene rings is 1. The summed E-state index contributed by atoms with van der Waals surface area (Å²) in [5.74, 6) is -3.49. The average molecular weight is 639 g/mol. The summed E-state index contributed by atoms with van der Waals surface area (Å²) in [5.41, 5.74) is -0.428. The molecule has 4 heterocycles. The molecule has 0 saturated carbocycles. The number of aromatic nitrogens is 4. The van der Waals surface area contributed by atoms with Crippen molar-refractivity contribution in [1.29, 1.82) is 0 Å². The molecule has 1 saturated heterocycles. The lowest BCUT2D eigenvalue weighted by atomic mass is 10.0. The molecular formula is C31H32F2N6O5S. The average Bonchev–Trinajstić information content (AvgIpc) is 2.96. The summed E-state index contributed by atoms with van der Waals surface area (Å²) < 4.78 is 57.1. The number of halogens is 2. The van der Waals surface area contributed by atoms with Crippen LogP contribution in [-0.2, 0) is 14.6 Å². The summed E-state index contributed by atoms with van der Waals surface area (Å²) >= 11 is 0. The minimum atomic E-state index is -3.60. The van der Waals surface area contributed by atoms with Crippen LogP contribution in [0.15, 0.2) is 54.0 Å². The standard InChI is InChI=1S/C31H32F2N6O5S/c1-6-24(41)37-12-13-38(19(15-37)16-45(5,43)44)29-20-14-22(33)27(25-21(32)8-7-9-23(25)40)35-30(20)39(31(42)36-29)28-18(4)10-11-34-26(28)17(2)3/h6-11,14,17,19,40H,1,12-13,15-16H2,2-5H3/t19-/m1/s1. The molecule has 0 spiro atoms. The minimum Gasteiger partial charge on any atom is -0.507 e. The van der Waals surface area contributed by atoms with Crippen molar-refractivity contribution in [2.75, 3.05) is 36.5 Å². The van der Waals surface area contributed by atoms with Crippen molar-refractivity contribution in [1.82, 2.24) is 24.4 Å². The molecule has 0 aliphatic carbocycles. The zero-order chi connectivity index (χ0) is 32.8. The largest absolute Gasteiger partial charge is 0.507 e. The van der Waals surface area contributed by atoms with Crippen LogP contribution in [0.3, 0.4) is 0 Å². The quantitative estimate of drug-likeness (QED) is 0.302. The highest BCUT2D eigenvalue weighted by Crippen LogP contribution is 2.37. The molecule has 1 aromatic carbocycles. The van der Waals surface area contributed by atoms with E-state index in [0.717, 1.165) is 24.5 Å². The highest BCUT2D eigenvalue weighted by molar-refractivity contribution is 7.90. The molecule has 11 nitrogen and oxygen atoms in total. The number of phenolic OH excluding ortho intramolecular Hbond substituents is 1. The normalized spacial score (nSPS) is 15.6. The van der Waals surface area contributed by atoms with E-state index < -0.39 is 61.9 Å². The van der Waals surface area contributed by atoms with Crippen molar-refractivity contribution >= 4 is 32.6 Å². The number of sulfone groups is 1. The maximum absolute atomic E-state index is 16.0. The number of carbonyl (C=O) groups excluding carboxylic acids is 1. The number of nitrogens with zero attached hydrogens (tertiary/aromatic N) is 6. The van der Waals surface area contributed by atoms with Crippen LogP contribution in [0.1, 0.15) is 31.0 Å². The van der Waals surface area contributed by atoms with Crippen molar-refractivity contribution in [2.45, 2.75) is 32.7 Å². The number of hydrogen-bond acceptors (Lipinski definition) is 9. The molecule has 4 aromatic rings. The van der Waals surface area contributed by atoms with Gasteiger partial charge in [0.05, 0.1) is 34.1 Å². The van der Waals surface area contributed by atoms with Gasteiger partial charge in [-0.3, -0.25) is 9.78 Å². The van der Waals surface area contributed by atoms with E-state index in [1.165, 1.54) is 21.6 Å². The van der Waals surface area contributed by atoms with Crippen molar-refractivity contribution < 1.29 is 27.1 Å². The number of anilines is 1. The molecule has 1 aliphatic rings. The van der Waals surface area contributed by atoms with E-state index in [-0.39, 0.29) is 42.4 Å². The first-order valence-corrected chi connectivity index (χ1v) is 16.2. The molecule has 1 N–H and O–H groups in total. The van der Waals surface area contributed by atoms with Crippen LogP contribution in [0.4, 0.5) is 14.6 Å². The van der Waals surface area contributed by atoms with Gasteiger partial charge in [-0.25, -0.2) is 31.5 Å². The number of hydrogen-bond donors (Lipinski definition) is 1. The fourth-order valence-electron chi connectivity index (χ4n) is 5.69. The molecular weight excluding hydrogens is 606 g/mol. The number of piperazine rings is 1. The molecule has 45 heavy (non-hydrogen) atoms. The van der Waals surface area contributed by atoms with Crippen LogP contribution in [0.2, 0.25) is 0 Å². The number of aromatic hydroxyl groups is 1. The summed E-state index contributed by atoms with van der Waals surface area (Å²) in [4.78, 5) is 42.8. The van der Waals surface area contributed by atoms with E-state index in [0.29, 0.717) is 16.9 Å². The highest BCUT2D eigenvalue weighted by atomic mass is 32.2. The van der Waals surface area contributed by atoms with E-state index in [4.69, 9.17) is 0 Å². The summed E-state index contributed by atoms with van der Waals surface area (Å²) in [6.45, 7) is 9.22. The molecule has 3 aromatic heterocycles. The molecule has 0 unspecified atom stereocenters. The summed E-state index contributed by atoms with van der Waals surface area (Å²) in [5, 5.41) is 10.5. The van der Waals surface area contributed by atoms with Crippen molar-refractivity contribution in [2.24, 2.45) is 0 Å². The van der Waals surface area contributed by atoms with Gasteiger partial charge in [0.2, 0.25) is 5.91 Å². The lowest BCUT2D eigenvalue weighted by Crippen LogP contribution is -2.57. The van der Waals surface area contributed by atoms with Gasteiger partial charge in [-0.1, -0.05) is 26.5 Å². The molecule has 1 fully saturated rings. The molecule has 236 valence electrons. The topological polar surface area (TPSA) is 139 Å². The Morgan fingerprint density at radius 1 is 1.18 bits per heavy atom. The van der Waals surface area contributed by atoms with Crippen LogP contribution in [0, 0.1) is 18.6 Å². The van der Waals surface area contributed by atoms with Gasteiger partial charge < -0.3 is 14.9 Å². The number of rotatable bonds is 7. The lowest BCUT2D eigenvalue weighted by molar-refractivity contribution is -0.126. The van der Waals surface area contributed by atoms with Gasteiger partial charge in [-0.2, -0.15) is 4.98 Å². The number of carbonyl (C=O) groups is 1. The van der Waals surface area contributed by atoms with E-state index in [9.17, 15) is 23.1 Å². The van der Waals surface area contributed by atoms with Crippen LogP contribution in [0.5, 0.6) is 5.75 Å². The monoisotopic (exact) mass is 638 g/mol. The second-order valence-corrected chi connectivity index (χ2v) is 13.5. The van der Waals surface area contributed by atoms with Crippen molar-refractivity contribution in [3.8, 4) is 22.7 Å². The van der Waals surface area contributed by atoms with Gasteiger partial charge in [0.15, 0.2) is 11.5 Å². The number of pyridine rings is 2. The number of aryl methyl sites for hydroxylation is 1. The molecule has 14 heteroatoms. The Hall–Kier alpha value is -4.72. The first-order valence-electron chi connectivity index (χ1n) is 14.1. The first kappa shape index (κ1) is 31.7. The molecule has 1 aliphatic heterocycles. The maximum Gasteiger partial charge on any atom is 0.355 e. The second-order valence-electron chi connectivity index (χ2n) is 11.3. The third kappa shape index (κ3) is 6.01. The SMILES string of the molecule is C=CC(=O)N1CCN(c2nc(=O)n(-c3c(C)ccnc3C(C)C)c3nc(-c4c(O)cccc4F)c(F)cc23)[C@@H](CS(C)(=O)=O)C1. The van der Waals surface area contributed by atoms with Gasteiger partial charge in [0.25, 0.3) is 0 Å². The Morgan fingerprint density at radius 2 is 1.91 bits per heavy atom. The van der Waals surface area contributed by atoms with Crippen LogP contribution < -0.4 is 10.6 Å². The van der Waals surface area contributed by atoms with Gasteiger partial charge in [0, 0.05) is 32.1 Å². The van der Waals surface area contributed by atoms with Gasteiger partial charge >= 0.3 is 5.69 Å². The van der Waals surface area contributed by atoms with Crippen LogP contribution in [0.25, 0.3) is 28.0 Å². The molecule has 0 radical (unpaired) electrons. The third-order valence-corrected chi connectivity index (χ3v) is 8.68. The zero-order valence-electron chi connectivity index (χ0n) is 25.2. The predicted octanol–water partition coefficient (Wildman–Crippen LogP) is 3.51. The van der Waals surface area contributed by atoms with E-state index in [2.05, 4.69) is 21.5 Å². The Kier molecular flexibility index (Phi) is 8.45. The van der Waals surface area contributed by atoms with E-state index in [1.807, 2.05) is 13.8 Å². The third-order valence-electron chi connectivity index (χ3n) is 7.69. The van der Waals surface area contributed by atoms with Crippen molar-refractivity contribution in [3.63, 3.8) is 0 Å². The van der Waals surface area contributed by atoms with Gasteiger partial charge in [-0.05, 0) is 48.7 Å². The molecule has 1 atom stereocenters. The highest BCUT2D eigenvalue weighted by Gasteiger charge is 2.34. The predicted molar refractivity (Wildman–Crippen MR) is 166 cm³/mol. The van der Waals surface area contributed by atoms with Crippen LogP contribution in [-0.4, -0.2) is 81.5 Å². The van der Waals surface area contributed by atoms with E-state index >= 15 is 8.78 Å². The number of amides is 1. The molecule has 5 rings (SSSR count). The van der Waals surface area contributed by atoms with Crippen molar-refractivity contribution in [3.05, 3.63) is 82.6 Å². The lowest BCUT2D eigenvalue weighted by Gasteiger charge is -2.41. The number of fused-ring (bicyclic) bond motifs is 1. The molecule has 1 amide bonds. The Morgan fingerprint density at radius 3 is 2.56 bits per heavy atom.